The van der Waals surface area contributed by atoms with Crippen LogP contribution in [0.15, 0.2) is 53.0 Å². The Bertz CT molecular complexity index is 1230. The average molecular weight is 586 g/mol. The van der Waals surface area contributed by atoms with Crippen LogP contribution in [-0.2, 0) is 19.1 Å². The number of piperazine rings is 1. The summed E-state index contributed by atoms with van der Waals surface area (Å²) in [5.41, 5.74) is 8.94. The van der Waals surface area contributed by atoms with Gasteiger partial charge >= 0.3 is 6.18 Å². The van der Waals surface area contributed by atoms with E-state index in [1.54, 1.807) is 25.2 Å². The van der Waals surface area contributed by atoms with Gasteiger partial charge in [0.25, 0.3) is 5.91 Å². The van der Waals surface area contributed by atoms with E-state index >= 15 is 0 Å². The number of carbonyl (C=O) groups excluding carboxylic acids is 1. The minimum atomic E-state index is -4.49. The van der Waals surface area contributed by atoms with Gasteiger partial charge in [-0.2, -0.15) is 13.2 Å². The molecule has 0 bridgehead atoms. The lowest BCUT2D eigenvalue weighted by molar-refractivity contribution is -0.138. The second-order valence-electron chi connectivity index (χ2n) is 10.1. The molecule has 0 atom stereocenters. The zero-order chi connectivity index (χ0) is 31.9. The number of nitrogens with two attached hydrogens (primary N) is 1. The first-order valence-electron chi connectivity index (χ1n) is 14.2. The predicted octanol–water partition coefficient (Wildman–Crippen LogP) is 6.55. The van der Waals surface area contributed by atoms with Crippen molar-refractivity contribution in [1.82, 2.24) is 9.80 Å². The molecule has 1 heterocycles. The Morgan fingerprint density at radius 1 is 1.07 bits per heavy atom. The van der Waals surface area contributed by atoms with Crippen LogP contribution in [-0.4, -0.2) is 61.8 Å². The van der Waals surface area contributed by atoms with Crippen molar-refractivity contribution in [3.8, 4) is 12.8 Å². The van der Waals surface area contributed by atoms with Gasteiger partial charge in [0.2, 0.25) is 0 Å². The SMILES string of the molecule is C#C.C/C=C(/CC)C(N)=NC.CCCc1ccc(C(=O)Nc2ccc(CN3CCN(C)CC3)c(C(F)(F)F)c2)cc1C. The van der Waals surface area contributed by atoms with Gasteiger partial charge in [-0.1, -0.05) is 38.5 Å². The van der Waals surface area contributed by atoms with Gasteiger partial charge in [-0.15, -0.1) is 12.8 Å². The molecule has 9 heteroatoms. The van der Waals surface area contributed by atoms with Crippen molar-refractivity contribution in [1.29, 1.82) is 0 Å². The molecule has 1 saturated heterocycles. The highest BCUT2D eigenvalue weighted by atomic mass is 19.4. The van der Waals surface area contributed by atoms with Crippen molar-refractivity contribution >= 4 is 17.4 Å². The van der Waals surface area contributed by atoms with Gasteiger partial charge in [0, 0.05) is 51.0 Å². The molecule has 0 aromatic heterocycles. The summed E-state index contributed by atoms with van der Waals surface area (Å²) in [6.45, 7) is 11.5. The lowest BCUT2D eigenvalue weighted by Gasteiger charge is -2.33. The highest BCUT2D eigenvalue weighted by molar-refractivity contribution is 6.04. The lowest BCUT2D eigenvalue weighted by atomic mass is 10.0. The fourth-order valence-corrected chi connectivity index (χ4v) is 4.57. The molecule has 0 unspecified atom stereocenters. The first-order valence-corrected chi connectivity index (χ1v) is 14.2. The highest BCUT2D eigenvalue weighted by Gasteiger charge is 2.34. The zero-order valence-electron chi connectivity index (χ0n) is 25.8. The molecule has 1 aliphatic heterocycles. The minimum absolute atomic E-state index is 0.148. The minimum Gasteiger partial charge on any atom is -0.384 e. The summed E-state index contributed by atoms with van der Waals surface area (Å²) in [7, 11) is 3.71. The Labute approximate surface area is 249 Å². The van der Waals surface area contributed by atoms with Crippen LogP contribution in [0, 0.1) is 19.8 Å². The number of terminal acetylenes is 1. The number of halogens is 3. The van der Waals surface area contributed by atoms with E-state index in [4.69, 9.17) is 5.73 Å². The highest BCUT2D eigenvalue weighted by Crippen LogP contribution is 2.34. The molecule has 1 fully saturated rings. The number of aliphatic imine (C=N–C) groups is 1. The van der Waals surface area contributed by atoms with Gasteiger partial charge < -0.3 is 16.0 Å². The number of amidine groups is 1. The van der Waals surface area contributed by atoms with E-state index < -0.39 is 17.6 Å². The molecule has 6 nitrogen and oxygen atoms in total. The Morgan fingerprint density at radius 3 is 2.17 bits per heavy atom. The molecule has 0 radical (unpaired) electrons. The van der Waals surface area contributed by atoms with Crippen molar-refractivity contribution in [2.45, 2.75) is 59.7 Å². The van der Waals surface area contributed by atoms with Crippen molar-refractivity contribution in [3.63, 3.8) is 0 Å². The van der Waals surface area contributed by atoms with Crippen LogP contribution in [0.1, 0.15) is 66.2 Å². The molecule has 3 N–H and O–H groups in total. The monoisotopic (exact) mass is 585 g/mol. The van der Waals surface area contributed by atoms with Crippen molar-refractivity contribution in [2.24, 2.45) is 10.7 Å². The summed E-state index contributed by atoms with van der Waals surface area (Å²) in [6.07, 6.45) is 8.40. The number of anilines is 1. The lowest BCUT2D eigenvalue weighted by Crippen LogP contribution is -2.44. The topological polar surface area (TPSA) is 74.0 Å². The molecule has 0 saturated carbocycles. The number of likely N-dealkylation sites (N-methyl/N-ethyl adjacent to an activating group) is 1. The molecule has 1 amide bonds. The zero-order valence-corrected chi connectivity index (χ0v) is 25.8. The van der Waals surface area contributed by atoms with E-state index in [1.165, 1.54) is 11.6 Å². The van der Waals surface area contributed by atoms with Gasteiger partial charge in [-0.3, -0.25) is 14.7 Å². The summed E-state index contributed by atoms with van der Waals surface area (Å²) in [4.78, 5) is 20.7. The number of benzene rings is 2. The largest absolute Gasteiger partial charge is 0.416 e. The van der Waals surface area contributed by atoms with E-state index in [-0.39, 0.29) is 17.8 Å². The Balaban J connectivity index is 0.000000686. The Morgan fingerprint density at radius 2 is 1.69 bits per heavy atom. The summed E-state index contributed by atoms with van der Waals surface area (Å²) in [6, 6.07) is 9.49. The smallest absolute Gasteiger partial charge is 0.384 e. The Kier molecular flexibility index (Phi) is 15.6. The van der Waals surface area contributed by atoms with Crippen molar-refractivity contribution < 1.29 is 18.0 Å². The number of amides is 1. The molecule has 230 valence electrons. The van der Waals surface area contributed by atoms with Gasteiger partial charge in [0.1, 0.15) is 5.84 Å². The normalized spacial score (nSPS) is 14.7. The molecular weight excluding hydrogens is 539 g/mol. The molecule has 2 aromatic carbocycles. The predicted molar refractivity (Wildman–Crippen MR) is 169 cm³/mol. The molecular formula is C33H46F3N5O. The van der Waals surface area contributed by atoms with Crippen LogP contribution in [0.3, 0.4) is 0 Å². The molecule has 1 aliphatic rings. The third kappa shape index (κ3) is 11.3. The molecule has 0 aliphatic carbocycles. The van der Waals surface area contributed by atoms with Gasteiger partial charge in [0.05, 0.1) is 5.56 Å². The number of hydrogen-bond acceptors (Lipinski definition) is 4. The number of carbonyl (C=O) groups is 1. The first-order chi connectivity index (χ1) is 19.9. The van der Waals surface area contributed by atoms with E-state index in [1.807, 2.05) is 37.9 Å². The van der Waals surface area contributed by atoms with E-state index in [2.05, 4.69) is 41.9 Å². The average Bonchev–Trinajstić information content (AvgIpc) is 2.97. The number of hydrogen-bond donors (Lipinski definition) is 2. The maximum Gasteiger partial charge on any atom is 0.416 e. The van der Waals surface area contributed by atoms with Crippen LogP contribution in [0.4, 0.5) is 18.9 Å². The third-order valence-electron chi connectivity index (χ3n) is 7.09. The van der Waals surface area contributed by atoms with Crippen molar-refractivity contribution in [2.75, 3.05) is 45.6 Å². The molecule has 3 rings (SSSR count). The number of nitrogens with zero attached hydrogens (tertiary/aromatic N) is 3. The quantitative estimate of drug-likeness (QED) is 0.210. The van der Waals surface area contributed by atoms with E-state index in [0.29, 0.717) is 11.4 Å². The number of rotatable bonds is 8. The Hall–Kier alpha value is -3.61. The summed E-state index contributed by atoms with van der Waals surface area (Å²) >= 11 is 0. The number of nitrogens with one attached hydrogen (secondary N) is 1. The van der Waals surface area contributed by atoms with Crippen LogP contribution in [0.2, 0.25) is 0 Å². The number of allylic oxidation sites excluding steroid dienone is 1. The maximum atomic E-state index is 13.7. The van der Waals surface area contributed by atoms with E-state index in [0.717, 1.165) is 62.6 Å². The van der Waals surface area contributed by atoms with Crippen LogP contribution in [0.5, 0.6) is 0 Å². The maximum absolute atomic E-state index is 13.7. The van der Waals surface area contributed by atoms with Crippen LogP contribution in [0.25, 0.3) is 0 Å². The number of aryl methyl sites for hydroxylation is 2. The van der Waals surface area contributed by atoms with Gasteiger partial charge in [-0.25, -0.2) is 0 Å². The first kappa shape index (κ1) is 36.4. The summed E-state index contributed by atoms with van der Waals surface area (Å²) < 4.78 is 41.2. The van der Waals surface area contributed by atoms with Crippen LogP contribution >= 0.6 is 0 Å². The summed E-state index contributed by atoms with van der Waals surface area (Å²) in [5.74, 6) is 0.242. The molecule has 42 heavy (non-hydrogen) atoms. The van der Waals surface area contributed by atoms with Crippen LogP contribution < -0.4 is 11.1 Å². The summed E-state index contributed by atoms with van der Waals surface area (Å²) in [5, 5.41) is 2.63. The fourth-order valence-electron chi connectivity index (χ4n) is 4.57. The standard InChI is InChI=1S/C24H30F3N3O.C7H14N2.C2H2/c1-4-5-18-6-7-19(14-17(18)2)23(31)28-21-9-8-20(22(15-21)24(25,26)27)16-30-12-10-29(3)11-13-30;1-4-6(5-2)7(8)9-3;1-2/h6-9,14-15H,4-5,10-13,16H2,1-3H3,(H,28,31);4H,5H2,1-3H3,(H2,8,9);1-2H/b;6-4-;. The van der Waals surface area contributed by atoms with Crippen molar-refractivity contribution in [3.05, 3.63) is 75.9 Å². The molecule has 0 spiro atoms. The van der Waals surface area contributed by atoms with E-state index in [9.17, 15) is 18.0 Å². The fraction of sp³-hybridized carbons (Fsp3) is 0.455. The van der Waals surface area contributed by atoms with Gasteiger partial charge in [-0.05, 0) is 80.3 Å². The molecule has 2 aromatic rings. The second kappa shape index (κ2) is 18.0. The third-order valence-corrected chi connectivity index (χ3v) is 7.09. The number of alkyl halides is 3. The second-order valence-corrected chi connectivity index (χ2v) is 10.1. The van der Waals surface area contributed by atoms with Gasteiger partial charge in [0.15, 0.2) is 0 Å².